The molecule has 6 nitrogen and oxygen atoms in total. The Morgan fingerprint density at radius 2 is 2.29 bits per heavy atom. The number of rotatable bonds is 7. The molecule has 0 aliphatic heterocycles. The second-order valence-corrected chi connectivity index (χ2v) is 3.23. The third-order valence-electron chi connectivity index (χ3n) is 1.78. The second kappa shape index (κ2) is 7.43. The molecule has 0 aliphatic carbocycles. The minimum atomic E-state index is -0.337. The van der Waals surface area contributed by atoms with Crippen LogP contribution in [-0.2, 0) is 9.53 Å². The highest BCUT2D eigenvalue weighted by molar-refractivity contribution is 5.74. The Morgan fingerprint density at radius 1 is 1.47 bits per heavy atom. The topological polar surface area (TPSA) is 73.3 Å². The van der Waals surface area contributed by atoms with Gasteiger partial charge >= 0.3 is 5.97 Å². The SMILES string of the molecule is CCCOc1ccnc(NCC(=O)OCC)n1. The number of anilines is 1. The summed E-state index contributed by atoms with van der Waals surface area (Å²) in [6, 6.07) is 1.67. The number of aromatic nitrogens is 2. The number of nitrogens with one attached hydrogen (secondary N) is 1. The van der Waals surface area contributed by atoms with Crippen molar-refractivity contribution in [3.63, 3.8) is 0 Å². The zero-order valence-corrected chi connectivity index (χ0v) is 10.1. The van der Waals surface area contributed by atoms with Crippen LogP contribution in [-0.4, -0.2) is 35.7 Å². The molecule has 0 aliphatic rings. The van der Waals surface area contributed by atoms with Crippen LogP contribution in [0.25, 0.3) is 0 Å². The van der Waals surface area contributed by atoms with E-state index in [1.54, 1.807) is 19.2 Å². The number of carbonyl (C=O) groups is 1. The van der Waals surface area contributed by atoms with Crippen molar-refractivity contribution in [3.8, 4) is 5.88 Å². The van der Waals surface area contributed by atoms with Crippen molar-refractivity contribution in [2.24, 2.45) is 0 Å². The van der Waals surface area contributed by atoms with Crippen molar-refractivity contribution >= 4 is 11.9 Å². The highest BCUT2D eigenvalue weighted by Gasteiger charge is 2.04. The summed E-state index contributed by atoms with van der Waals surface area (Å²) in [7, 11) is 0. The summed E-state index contributed by atoms with van der Waals surface area (Å²) in [5.41, 5.74) is 0. The normalized spacial score (nSPS) is 9.76. The Morgan fingerprint density at radius 3 is 3.00 bits per heavy atom. The molecular formula is C11H17N3O3. The highest BCUT2D eigenvalue weighted by atomic mass is 16.5. The summed E-state index contributed by atoms with van der Waals surface area (Å²) in [4.78, 5) is 19.2. The van der Waals surface area contributed by atoms with Crippen molar-refractivity contribution in [2.75, 3.05) is 25.1 Å². The molecular weight excluding hydrogens is 222 g/mol. The van der Waals surface area contributed by atoms with Gasteiger partial charge in [0.25, 0.3) is 0 Å². The molecule has 1 aromatic heterocycles. The van der Waals surface area contributed by atoms with E-state index in [4.69, 9.17) is 9.47 Å². The molecule has 1 heterocycles. The van der Waals surface area contributed by atoms with Crippen LogP contribution in [0, 0.1) is 0 Å². The first-order valence-electron chi connectivity index (χ1n) is 5.61. The molecule has 0 saturated carbocycles. The quantitative estimate of drug-likeness (QED) is 0.722. The first-order chi connectivity index (χ1) is 8.26. The van der Waals surface area contributed by atoms with Gasteiger partial charge in [0.05, 0.1) is 13.2 Å². The summed E-state index contributed by atoms with van der Waals surface area (Å²) in [5, 5.41) is 2.77. The predicted molar refractivity (Wildman–Crippen MR) is 62.9 cm³/mol. The first kappa shape index (κ1) is 13.2. The number of ether oxygens (including phenoxy) is 2. The van der Waals surface area contributed by atoms with Crippen molar-refractivity contribution < 1.29 is 14.3 Å². The van der Waals surface area contributed by atoms with E-state index in [0.29, 0.717) is 25.0 Å². The lowest BCUT2D eigenvalue weighted by Gasteiger charge is -2.06. The van der Waals surface area contributed by atoms with Crippen LogP contribution in [0.4, 0.5) is 5.95 Å². The molecule has 17 heavy (non-hydrogen) atoms. The first-order valence-corrected chi connectivity index (χ1v) is 5.61. The summed E-state index contributed by atoms with van der Waals surface area (Å²) in [6.07, 6.45) is 2.49. The van der Waals surface area contributed by atoms with E-state index >= 15 is 0 Å². The third kappa shape index (κ3) is 5.14. The molecule has 0 spiro atoms. The molecule has 1 aromatic rings. The minimum Gasteiger partial charge on any atom is -0.478 e. The number of hydrogen-bond donors (Lipinski definition) is 1. The highest BCUT2D eigenvalue weighted by Crippen LogP contribution is 2.08. The standard InChI is InChI=1S/C11H17N3O3/c1-3-7-17-9-5-6-12-11(14-9)13-8-10(15)16-4-2/h5-6H,3-4,7-8H2,1-2H3,(H,12,13,14). The minimum absolute atomic E-state index is 0.0467. The molecule has 94 valence electrons. The summed E-state index contributed by atoms with van der Waals surface area (Å²) in [5.74, 6) is 0.510. The zero-order valence-electron chi connectivity index (χ0n) is 10.1. The van der Waals surface area contributed by atoms with E-state index in [1.165, 1.54) is 0 Å². The van der Waals surface area contributed by atoms with Gasteiger partial charge in [-0.15, -0.1) is 0 Å². The van der Waals surface area contributed by atoms with Gasteiger partial charge in [0.15, 0.2) is 0 Å². The molecule has 1 rings (SSSR count). The molecule has 1 N–H and O–H groups in total. The molecule has 0 unspecified atom stereocenters. The lowest BCUT2D eigenvalue weighted by Crippen LogP contribution is -2.18. The van der Waals surface area contributed by atoms with E-state index in [0.717, 1.165) is 6.42 Å². The van der Waals surface area contributed by atoms with Gasteiger partial charge in [-0.1, -0.05) is 6.92 Å². The van der Waals surface area contributed by atoms with Crippen molar-refractivity contribution in [2.45, 2.75) is 20.3 Å². The molecule has 0 fully saturated rings. The van der Waals surface area contributed by atoms with Crippen molar-refractivity contribution in [1.82, 2.24) is 9.97 Å². The zero-order chi connectivity index (χ0) is 12.5. The van der Waals surface area contributed by atoms with Gasteiger partial charge in [-0.2, -0.15) is 4.98 Å². The maximum absolute atomic E-state index is 11.1. The van der Waals surface area contributed by atoms with E-state index in [2.05, 4.69) is 15.3 Å². The average Bonchev–Trinajstić information content (AvgIpc) is 2.35. The van der Waals surface area contributed by atoms with Crippen LogP contribution >= 0.6 is 0 Å². The van der Waals surface area contributed by atoms with Gasteiger partial charge in [-0.3, -0.25) is 4.79 Å². The number of nitrogens with zero attached hydrogens (tertiary/aromatic N) is 2. The fourth-order valence-corrected chi connectivity index (χ4v) is 1.08. The van der Waals surface area contributed by atoms with Crippen LogP contribution in [0.15, 0.2) is 12.3 Å². The second-order valence-electron chi connectivity index (χ2n) is 3.23. The fourth-order valence-electron chi connectivity index (χ4n) is 1.08. The van der Waals surface area contributed by atoms with E-state index in [-0.39, 0.29) is 12.5 Å². The molecule has 0 radical (unpaired) electrons. The number of hydrogen-bond acceptors (Lipinski definition) is 6. The lowest BCUT2D eigenvalue weighted by molar-refractivity contribution is -0.140. The van der Waals surface area contributed by atoms with Gasteiger partial charge in [0, 0.05) is 12.3 Å². The number of carbonyl (C=O) groups excluding carboxylic acids is 1. The van der Waals surface area contributed by atoms with Crippen LogP contribution in [0.2, 0.25) is 0 Å². The predicted octanol–water partition coefficient (Wildman–Crippen LogP) is 1.24. The van der Waals surface area contributed by atoms with Crippen molar-refractivity contribution in [3.05, 3.63) is 12.3 Å². The molecule has 0 aromatic carbocycles. The summed E-state index contributed by atoms with van der Waals surface area (Å²) in [6.45, 7) is 4.79. The number of esters is 1. The van der Waals surface area contributed by atoms with Crippen LogP contribution in [0.1, 0.15) is 20.3 Å². The van der Waals surface area contributed by atoms with Crippen molar-refractivity contribution in [1.29, 1.82) is 0 Å². The Kier molecular flexibility index (Phi) is 5.77. The monoisotopic (exact) mass is 239 g/mol. The largest absolute Gasteiger partial charge is 0.478 e. The van der Waals surface area contributed by atoms with E-state index in [1.807, 2.05) is 6.92 Å². The van der Waals surface area contributed by atoms with E-state index in [9.17, 15) is 4.79 Å². The fraction of sp³-hybridized carbons (Fsp3) is 0.545. The van der Waals surface area contributed by atoms with Gasteiger partial charge in [0.1, 0.15) is 6.54 Å². The molecule has 0 saturated heterocycles. The summed E-state index contributed by atoms with van der Waals surface area (Å²) >= 11 is 0. The molecule has 6 heteroatoms. The maximum Gasteiger partial charge on any atom is 0.325 e. The molecule has 0 atom stereocenters. The van der Waals surface area contributed by atoms with Crippen LogP contribution in [0.3, 0.4) is 0 Å². The van der Waals surface area contributed by atoms with Gasteiger partial charge in [-0.05, 0) is 13.3 Å². The van der Waals surface area contributed by atoms with Gasteiger partial charge < -0.3 is 14.8 Å². The smallest absolute Gasteiger partial charge is 0.325 e. The average molecular weight is 239 g/mol. The van der Waals surface area contributed by atoms with Crippen LogP contribution < -0.4 is 10.1 Å². The Hall–Kier alpha value is -1.85. The van der Waals surface area contributed by atoms with Crippen LogP contribution in [0.5, 0.6) is 5.88 Å². The third-order valence-corrected chi connectivity index (χ3v) is 1.78. The lowest BCUT2D eigenvalue weighted by atomic mass is 10.5. The van der Waals surface area contributed by atoms with E-state index < -0.39 is 0 Å². The Balaban J connectivity index is 2.45. The van der Waals surface area contributed by atoms with Gasteiger partial charge in [-0.25, -0.2) is 4.98 Å². The van der Waals surface area contributed by atoms with Gasteiger partial charge in [0.2, 0.25) is 11.8 Å². The maximum atomic E-state index is 11.1. The molecule has 0 amide bonds. The Bertz CT molecular complexity index is 358. The Labute approximate surface area is 100 Å². The summed E-state index contributed by atoms with van der Waals surface area (Å²) < 4.78 is 10.1. The molecule has 0 bridgehead atoms.